The fraction of sp³-hybridized carbons (Fsp3) is 0.333. The van der Waals surface area contributed by atoms with Crippen LogP contribution in [-0.4, -0.2) is 54.3 Å². The summed E-state index contributed by atoms with van der Waals surface area (Å²) in [6.07, 6.45) is 1.59. The summed E-state index contributed by atoms with van der Waals surface area (Å²) in [5.74, 6) is 11.0. The summed E-state index contributed by atoms with van der Waals surface area (Å²) in [6, 6.07) is 7.20. The predicted molar refractivity (Wildman–Crippen MR) is 132 cm³/mol. The van der Waals surface area contributed by atoms with Crippen LogP contribution in [0.2, 0.25) is 0 Å². The highest BCUT2D eigenvalue weighted by Gasteiger charge is 2.26. The fourth-order valence-corrected chi connectivity index (χ4v) is 5.07. The molecule has 180 valence electrons. The Labute approximate surface area is 198 Å². The van der Waals surface area contributed by atoms with Crippen molar-refractivity contribution in [2.75, 3.05) is 43.3 Å². The van der Waals surface area contributed by atoms with E-state index in [9.17, 15) is 4.21 Å². The molecule has 1 aromatic carbocycles. The van der Waals surface area contributed by atoms with E-state index < -0.39 is 11.0 Å². The Morgan fingerprint density at radius 3 is 2.88 bits per heavy atom. The van der Waals surface area contributed by atoms with Gasteiger partial charge in [-0.05, 0) is 23.8 Å². The first-order chi connectivity index (χ1) is 16.0. The largest absolute Gasteiger partial charge is 0.383 e. The lowest BCUT2D eigenvalue weighted by Gasteiger charge is -2.26. The summed E-state index contributed by atoms with van der Waals surface area (Å²) in [4.78, 5) is 4.61. The maximum atomic E-state index is 13.4. The number of nitrogens with one attached hydrogen (secondary N) is 4. The number of piperazine rings is 1. The number of hydrogen-bond acceptors (Lipinski definition) is 12. The summed E-state index contributed by atoms with van der Waals surface area (Å²) in [6.45, 7) is 3.02. The number of hydrazone groups is 1. The zero-order valence-corrected chi connectivity index (χ0v) is 19.7. The van der Waals surface area contributed by atoms with Crippen molar-refractivity contribution in [2.45, 2.75) is 10.9 Å². The molecular weight excluding hydrogens is 466 g/mol. The number of amidine groups is 1. The van der Waals surface area contributed by atoms with Gasteiger partial charge in [0.2, 0.25) is 0 Å². The van der Waals surface area contributed by atoms with Crippen LogP contribution in [0, 0.1) is 0 Å². The highest BCUT2D eigenvalue weighted by molar-refractivity contribution is 7.96. The number of benzene rings is 1. The van der Waals surface area contributed by atoms with Crippen molar-refractivity contribution in [3.63, 3.8) is 0 Å². The second-order valence-corrected chi connectivity index (χ2v) is 9.19. The number of rotatable bonds is 10. The van der Waals surface area contributed by atoms with Crippen LogP contribution < -0.4 is 48.4 Å². The van der Waals surface area contributed by atoms with Crippen molar-refractivity contribution in [3.05, 3.63) is 36.0 Å². The first kappa shape index (κ1) is 25.1. The molecule has 0 amide bonds. The fourth-order valence-electron chi connectivity index (χ4n) is 3.50. The van der Waals surface area contributed by atoms with E-state index >= 15 is 0 Å². The van der Waals surface area contributed by atoms with E-state index in [4.69, 9.17) is 27.5 Å². The van der Waals surface area contributed by atoms with Gasteiger partial charge in [-0.15, -0.1) is 5.10 Å². The van der Waals surface area contributed by atoms with Gasteiger partial charge in [0.25, 0.3) is 0 Å². The standard InChI is InChI=1S/C18H29N11O2S2/c1-29(32-31-22)16-14(33(30)26-10-11-9-23-7-8-24-11)5-4-12(15(16)18(20)27-28-21)13-3-2-6-25-17(13)19/h2-6,11,23-24,26,28H,7-10,21-22H2,1H3,(H2,19,25)(H2,20,27)/t11-,33?/m1/s1. The predicted octanol–water partition coefficient (Wildman–Crippen LogP) is -1.52. The van der Waals surface area contributed by atoms with Crippen LogP contribution in [-0.2, 0) is 15.3 Å². The summed E-state index contributed by atoms with van der Waals surface area (Å²) in [5, 5.41) is 10.6. The lowest BCUT2D eigenvalue weighted by molar-refractivity contribution is 0.397. The molecule has 12 N–H and O–H groups in total. The SMILES string of the molecule is CN(SON)c1c(S(=O)NC[C@H]2CNCCN2)ccc(-c2cccnc2N)c1/C(N)=N/NN. The Bertz CT molecular complexity index is 1000. The second kappa shape index (κ2) is 12.1. The zero-order chi connectivity index (χ0) is 23.8. The summed E-state index contributed by atoms with van der Waals surface area (Å²) >= 11 is 0.837. The van der Waals surface area contributed by atoms with Gasteiger partial charge in [-0.3, -0.25) is 4.31 Å². The van der Waals surface area contributed by atoms with Gasteiger partial charge in [-0.1, -0.05) is 6.07 Å². The van der Waals surface area contributed by atoms with Crippen LogP contribution >= 0.6 is 12.2 Å². The molecule has 1 unspecified atom stereocenters. The van der Waals surface area contributed by atoms with Crippen LogP contribution in [0.3, 0.4) is 0 Å². The van der Waals surface area contributed by atoms with Crippen molar-refractivity contribution in [1.82, 2.24) is 25.9 Å². The molecule has 1 aliphatic rings. The third-order valence-electron chi connectivity index (χ3n) is 4.97. The van der Waals surface area contributed by atoms with Gasteiger partial charge >= 0.3 is 0 Å². The van der Waals surface area contributed by atoms with Crippen molar-refractivity contribution in [1.29, 1.82) is 0 Å². The molecule has 0 bridgehead atoms. The van der Waals surface area contributed by atoms with Gasteiger partial charge in [-0.25, -0.2) is 35.5 Å². The van der Waals surface area contributed by atoms with Crippen molar-refractivity contribution in [2.24, 2.45) is 22.6 Å². The molecular formula is C18H29N11O2S2. The number of pyridine rings is 1. The minimum absolute atomic E-state index is 0.0484. The molecule has 1 aliphatic heterocycles. The van der Waals surface area contributed by atoms with E-state index in [0.717, 1.165) is 31.9 Å². The molecule has 3 rings (SSSR count). The van der Waals surface area contributed by atoms with Crippen LogP contribution in [0.5, 0.6) is 0 Å². The average molecular weight is 496 g/mol. The van der Waals surface area contributed by atoms with Crippen LogP contribution in [0.25, 0.3) is 11.1 Å². The lowest BCUT2D eigenvalue weighted by atomic mass is 9.97. The van der Waals surface area contributed by atoms with E-state index in [0.29, 0.717) is 39.6 Å². The molecule has 2 heterocycles. The zero-order valence-electron chi connectivity index (χ0n) is 18.1. The monoisotopic (exact) mass is 495 g/mol. The molecule has 33 heavy (non-hydrogen) atoms. The van der Waals surface area contributed by atoms with Gasteiger partial charge in [0.05, 0.1) is 16.1 Å². The maximum absolute atomic E-state index is 13.4. The molecule has 0 spiro atoms. The highest BCUT2D eigenvalue weighted by Crippen LogP contribution is 2.39. The minimum atomic E-state index is -1.60. The van der Waals surface area contributed by atoms with E-state index in [-0.39, 0.29) is 11.9 Å². The molecule has 0 aliphatic carbocycles. The number of nitrogen functional groups attached to an aromatic ring is 1. The molecule has 1 aromatic heterocycles. The quantitative estimate of drug-likeness (QED) is 0.0472. The Morgan fingerprint density at radius 1 is 1.39 bits per heavy atom. The summed E-state index contributed by atoms with van der Waals surface area (Å²) in [7, 11) is 0.0978. The minimum Gasteiger partial charge on any atom is -0.383 e. The van der Waals surface area contributed by atoms with Crippen LogP contribution in [0.4, 0.5) is 11.5 Å². The van der Waals surface area contributed by atoms with Gasteiger partial charge in [0.1, 0.15) is 29.0 Å². The van der Waals surface area contributed by atoms with Gasteiger partial charge in [0.15, 0.2) is 5.84 Å². The van der Waals surface area contributed by atoms with Gasteiger partial charge in [0, 0.05) is 51.0 Å². The normalized spacial score (nSPS) is 17.5. The number of nitrogens with two attached hydrogens (primary N) is 4. The molecule has 1 fully saturated rings. The Balaban J connectivity index is 2.11. The second-order valence-electron chi connectivity index (χ2n) is 7.04. The third-order valence-corrected chi connectivity index (χ3v) is 6.62. The molecule has 2 atom stereocenters. The summed E-state index contributed by atoms with van der Waals surface area (Å²) < 4.78 is 22.8. The maximum Gasteiger partial charge on any atom is 0.154 e. The van der Waals surface area contributed by atoms with E-state index in [1.807, 2.05) is 0 Å². The average Bonchev–Trinajstić information content (AvgIpc) is 2.83. The Morgan fingerprint density at radius 2 is 2.21 bits per heavy atom. The number of aromatic nitrogens is 1. The first-order valence-electron chi connectivity index (χ1n) is 10.0. The van der Waals surface area contributed by atoms with Crippen LogP contribution in [0.1, 0.15) is 5.56 Å². The Hall–Kier alpha value is -2.50. The number of hydrazine groups is 1. The van der Waals surface area contributed by atoms with E-state index in [2.05, 4.69) is 31.0 Å². The molecule has 15 heteroatoms. The van der Waals surface area contributed by atoms with Gasteiger partial charge in [-0.2, -0.15) is 0 Å². The molecule has 0 saturated carbocycles. The topological polar surface area (TPSA) is 207 Å². The molecule has 1 saturated heterocycles. The highest BCUT2D eigenvalue weighted by atomic mass is 32.2. The van der Waals surface area contributed by atoms with Gasteiger partial charge < -0.3 is 22.1 Å². The number of nitrogens with zero attached hydrogens (tertiary/aromatic N) is 3. The van der Waals surface area contributed by atoms with Crippen LogP contribution in [0.15, 0.2) is 40.5 Å². The first-order valence-corrected chi connectivity index (χ1v) is 11.9. The van der Waals surface area contributed by atoms with E-state index in [1.165, 1.54) is 0 Å². The lowest BCUT2D eigenvalue weighted by Crippen LogP contribution is -2.52. The van der Waals surface area contributed by atoms with Crippen molar-refractivity contribution in [3.8, 4) is 11.1 Å². The molecule has 13 nitrogen and oxygen atoms in total. The number of hydrogen-bond donors (Lipinski definition) is 8. The summed E-state index contributed by atoms with van der Waals surface area (Å²) in [5.41, 5.74) is 16.8. The van der Waals surface area contributed by atoms with Crippen molar-refractivity contribution < 1.29 is 8.49 Å². The smallest absolute Gasteiger partial charge is 0.154 e. The molecule has 2 aromatic rings. The third kappa shape index (κ3) is 6.10. The van der Waals surface area contributed by atoms with E-state index in [1.54, 1.807) is 41.8 Å². The number of anilines is 2. The molecule has 0 radical (unpaired) electrons. The Kier molecular flexibility index (Phi) is 9.21. The van der Waals surface area contributed by atoms with Crippen molar-refractivity contribution >= 4 is 40.6 Å².